The first-order chi connectivity index (χ1) is 15.7. The predicted molar refractivity (Wildman–Crippen MR) is 124 cm³/mol. The minimum absolute atomic E-state index is 0.00454. The second-order valence-electron chi connectivity index (χ2n) is 6.92. The third kappa shape index (κ3) is 4.54. The van der Waals surface area contributed by atoms with Crippen LogP contribution in [0.25, 0.3) is 0 Å². The van der Waals surface area contributed by atoms with Crippen molar-refractivity contribution in [1.82, 2.24) is 10.2 Å². The molecule has 1 aromatic heterocycles. The van der Waals surface area contributed by atoms with Gasteiger partial charge in [0.25, 0.3) is 21.8 Å². The molecule has 0 aliphatic carbocycles. The Balaban J connectivity index is 1.53. The summed E-state index contributed by atoms with van der Waals surface area (Å²) in [6.07, 6.45) is 0. The van der Waals surface area contributed by atoms with Crippen LogP contribution < -0.4 is 14.9 Å². The molecular formula is C21H15Cl2N5O4S. The Morgan fingerprint density at radius 1 is 0.879 bits per heavy atom. The average Bonchev–Trinajstić information content (AvgIpc) is 2.99. The Morgan fingerprint density at radius 3 is 2.21 bits per heavy atom. The van der Waals surface area contributed by atoms with Crippen molar-refractivity contribution in [2.45, 2.75) is 11.8 Å². The van der Waals surface area contributed by atoms with E-state index in [-0.39, 0.29) is 26.6 Å². The Bertz CT molecular complexity index is 1390. The lowest BCUT2D eigenvalue weighted by molar-refractivity contribution is -0.120. The van der Waals surface area contributed by atoms with Gasteiger partial charge in [-0.1, -0.05) is 41.4 Å². The van der Waals surface area contributed by atoms with E-state index >= 15 is 0 Å². The molecule has 2 heterocycles. The first-order valence-corrected chi connectivity index (χ1v) is 11.6. The van der Waals surface area contributed by atoms with Gasteiger partial charge in [0.1, 0.15) is 10.7 Å². The molecule has 2 N–H and O–H groups in total. The van der Waals surface area contributed by atoms with E-state index in [9.17, 15) is 18.0 Å². The second kappa shape index (κ2) is 8.81. The van der Waals surface area contributed by atoms with Crippen LogP contribution in [0.3, 0.4) is 0 Å². The van der Waals surface area contributed by atoms with Crippen LogP contribution >= 0.6 is 23.2 Å². The molecule has 1 aliphatic rings. The number of hydrogen-bond acceptors (Lipinski definition) is 7. The van der Waals surface area contributed by atoms with E-state index in [1.165, 1.54) is 36.4 Å². The van der Waals surface area contributed by atoms with Crippen LogP contribution in [0.5, 0.6) is 0 Å². The first-order valence-electron chi connectivity index (χ1n) is 9.41. The minimum Gasteiger partial charge on any atom is -0.350 e. The van der Waals surface area contributed by atoms with E-state index in [1.54, 1.807) is 31.2 Å². The molecule has 0 atom stereocenters. The number of hydrogen-bond donors (Lipinski definition) is 2. The molecule has 1 aliphatic heterocycles. The van der Waals surface area contributed by atoms with E-state index in [0.29, 0.717) is 11.4 Å². The third-order valence-electron chi connectivity index (χ3n) is 4.69. The van der Waals surface area contributed by atoms with Gasteiger partial charge in [0.2, 0.25) is 0 Å². The number of benzene rings is 2. The van der Waals surface area contributed by atoms with Gasteiger partial charge in [0.15, 0.2) is 11.0 Å². The van der Waals surface area contributed by atoms with Gasteiger partial charge in [-0.25, -0.2) is 13.3 Å². The molecule has 2 aromatic carbocycles. The van der Waals surface area contributed by atoms with E-state index < -0.39 is 21.8 Å². The summed E-state index contributed by atoms with van der Waals surface area (Å²) in [5.74, 6) is -1.25. The molecule has 12 heteroatoms. The predicted octanol–water partition coefficient (Wildman–Crippen LogP) is 3.67. The summed E-state index contributed by atoms with van der Waals surface area (Å²) in [7, 11) is -3.94. The van der Waals surface area contributed by atoms with Crippen molar-refractivity contribution in [1.29, 1.82) is 0 Å². The van der Waals surface area contributed by atoms with Gasteiger partial charge < -0.3 is 5.32 Å². The van der Waals surface area contributed by atoms with Crippen molar-refractivity contribution in [3.63, 3.8) is 0 Å². The number of anilines is 3. The zero-order chi connectivity index (χ0) is 23.8. The van der Waals surface area contributed by atoms with Crippen molar-refractivity contribution >= 4 is 62.2 Å². The highest BCUT2D eigenvalue weighted by atomic mass is 35.5. The van der Waals surface area contributed by atoms with Gasteiger partial charge in [0, 0.05) is 5.69 Å². The summed E-state index contributed by atoms with van der Waals surface area (Å²) in [5.41, 5.74) is 1.42. The number of para-hydroxylation sites is 1. The van der Waals surface area contributed by atoms with Crippen LogP contribution in [0, 0.1) is 6.92 Å². The number of nitrogens with zero attached hydrogens (tertiary/aromatic N) is 3. The topological polar surface area (TPSA) is 121 Å². The lowest BCUT2D eigenvalue weighted by atomic mass is 10.2. The number of aryl methyl sites for hydroxylation is 1. The highest BCUT2D eigenvalue weighted by Gasteiger charge is 2.39. The fourth-order valence-corrected chi connectivity index (χ4v) is 4.38. The maximum absolute atomic E-state index is 12.9. The first kappa shape index (κ1) is 22.7. The smallest absolute Gasteiger partial charge is 0.283 e. The number of nitrogens with one attached hydrogen (secondary N) is 2. The molecule has 0 spiro atoms. The second-order valence-corrected chi connectivity index (χ2v) is 9.36. The van der Waals surface area contributed by atoms with Crippen LogP contribution in [-0.2, 0) is 19.6 Å². The number of halogens is 2. The van der Waals surface area contributed by atoms with Crippen LogP contribution in [0.15, 0.2) is 76.3 Å². The molecule has 33 heavy (non-hydrogen) atoms. The van der Waals surface area contributed by atoms with Crippen molar-refractivity contribution < 1.29 is 18.0 Å². The fourth-order valence-electron chi connectivity index (χ4n) is 3.07. The molecule has 0 saturated heterocycles. The standard InChI is InChI=1S/C21H15Cl2N5O4S/c1-12-4-2-3-5-15(12)28-20(29)18(23)19(21(28)30)24-13-6-8-14(9-7-13)33(31,32)27-17-11-10-16(22)25-26-17/h2-11,24H,1H3,(H,26,27). The monoisotopic (exact) mass is 503 g/mol. The number of carbonyl (C=O) groups excluding carboxylic acids is 2. The van der Waals surface area contributed by atoms with Gasteiger partial charge >= 0.3 is 0 Å². The number of carbonyl (C=O) groups is 2. The summed E-state index contributed by atoms with van der Waals surface area (Å²) < 4.78 is 27.4. The SMILES string of the molecule is Cc1ccccc1N1C(=O)C(Cl)=C(Nc2ccc(S(=O)(=O)Nc3ccc(Cl)nn3)cc2)C1=O. The molecule has 0 saturated carbocycles. The highest BCUT2D eigenvalue weighted by Crippen LogP contribution is 2.32. The summed E-state index contributed by atoms with van der Waals surface area (Å²) in [6.45, 7) is 1.78. The maximum Gasteiger partial charge on any atom is 0.283 e. The number of sulfonamides is 1. The molecule has 2 amide bonds. The zero-order valence-electron chi connectivity index (χ0n) is 16.9. The van der Waals surface area contributed by atoms with Gasteiger partial charge in [-0.2, -0.15) is 0 Å². The van der Waals surface area contributed by atoms with E-state index in [1.807, 2.05) is 0 Å². The largest absolute Gasteiger partial charge is 0.350 e. The normalized spacial score (nSPS) is 14.1. The van der Waals surface area contributed by atoms with E-state index in [4.69, 9.17) is 23.2 Å². The lowest BCUT2D eigenvalue weighted by Gasteiger charge is -2.17. The van der Waals surface area contributed by atoms with Crippen LogP contribution in [0.4, 0.5) is 17.2 Å². The quantitative estimate of drug-likeness (QED) is 0.492. The van der Waals surface area contributed by atoms with Gasteiger partial charge in [-0.05, 0) is 55.0 Å². The van der Waals surface area contributed by atoms with Crippen molar-refractivity contribution in [2.24, 2.45) is 0 Å². The summed E-state index contributed by atoms with van der Waals surface area (Å²) in [5, 5.41) is 9.91. The summed E-state index contributed by atoms with van der Waals surface area (Å²) >= 11 is 11.8. The number of imide groups is 1. The molecule has 168 valence electrons. The zero-order valence-corrected chi connectivity index (χ0v) is 19.2. The van der Waals surface area contributed by atoms with Crippen LogP contribution in [0.1, 0.15) is 5.56 Å². The highest BCUT2D eigenvalue weighted by molar-refractivity contribution is 7.92. The van der Waals surface area contributed by atoms with Crippen LogP contribution in [-0.4, -0.2) is 30.4 Å². The number of amides is 2. The van der Waals surface area contributed by atoms with Crippen molar-refractivity contribution in [2.75, 3.05) is 14.9 Å². The molecule has 0 unspecified atom stereocenters. The summed E-state index contributed by atoms with van der Waals surface area (Å²) in [4.78, 5) is 26.5. The lowest BCUT2D eigenvalue weighted by Crippen LogP contribution is -2.32. The fraction of sp³-hybridized carbons (Fsp3) is 0.0476. The molecule has 9 nitrogen and oxygen atoms in total. The Labute approximate surface area is 199 Å². The number of rotatable bonds is 6. The van der Waals surface area contributed by atoms with Crippen molar-refractivity contribution in [3.05, 3.63) is 82.1 Å². The van der Waals surface area contributed by atoms with Crippen molar-refractivity contribution in [3.8, 4) is 0 Å². The average molecular weight is 504 g/mol. The molecule has 0 fully saturated rings. The molecular weight excluding hydrogens is 489 g/mol. The van der Waals surface area contributed by atoms with E-state index in [0.717, 1.165) is 10.5 Å². The Hall–Kier alpha value is -3.47. The summed E-state index contributed by atoms with van der Waals surface area (Å²) in [6, 6.07) is 15.2. The van der Waals surface area contributed by atoms with E-state index in [2.05, 4.69) is 20.2 Å². The molecule has 0 radical (unpaired) electrons. The van der Waals surface area contributed by atoms with Gasteiger partial charge in [-0.3, -0.25) is 14.3 Å². The molecule has 4 rings (SSSR count). The maximum atomic E-state index is 12.9. The molecule has 3 aromatic rings. The third-order valence-corrected chi connectivity index (χ3v) is 6.61. The Morgan fingerprint density at radius 2 is 1.58 bits per heavy atom. The number of aromatic nitrogens is 2. The van der Waals surface area contributed by atoms with Gasteiger partial charge in [0.05, 0.1) is 10.6 Å². The van der Waals surface area contributed by atoms with Gasteiger partial charge in [-0.15, -0.1) is 10.2 Å². The minimum atomic E-state index is -3.94. The molecule has 0 bridgehead atoms. The Kier molecular flexibility index (Phi) is 6.07. The van der Waals surface area contributed by atoms with Crippen LogP contribution in [0.2, 0.25) is 5.15 Å².